The van der Waals surface area contributed by atoms with Crippen molar-refractivity contribution >= 4 is 15.9 Å². The van der Waals surface area contributed by atoms with E-state index in [9.17, 15) is 4.79 Å². The van der Waals surface area contributed by atoms with E-state index in [4.69, 9.17) is 0 Å². The molecule has 2 N–H and O–H groups in total. The van der Waals surface area contributed by atoms with Crippen molar-refractivity contribution in [3.8, 4) is 11.4 Å². The molecule has 4 nitrogen and oxygen atoms in total. The summed E-state index contributed by atoms with van der Waals surface area (Å²) in [6, 6.07) is 6.24. The fourth-order valence-electron chi connectivity index (χ4n) is 2.35. The minimum Gasteiger partial charge on any atom is -0.308 e. The van der Waals surface area contributed by atoms with E-state index in [0.717, 1.165) is 26.9 Å². The predicted molar refractivity (Wildman–Crippen MR) is 87.3 cm³/mol. The molecule has 110 valence electrons. The zero-order valence-electron chi connectivity index (χ0n) is 12.2. The van der Waals surface area contributed by atoms with Gasteiger partial charge in [0, 0.05) is 28.7 Å². The summed E-state index contributed by atoms with van der Waals surface area (Å²) in [6.07, 6.45) is 2.45. The van der Waals surface area contributed by atoms with Crippen molar-refractivity contribution in [1.82, 2.24) is 15.3 Å². The normalized spacial score (nSPS) is 14.4. The summed E-state index contributed by atoms with van der Waals surface area (Å²) in [5.41, 5.74) is 3.89. The number of aromatic nitrogens is 2. The van der Waals surface area contributed by atoms with Crippen LogP contribution in [-0.2, 0) is 6.54 Å². The van der Waals surface area contributed by atoms with Gasteiger partial charge in [-0.1, -0.05) is 15.9 Å². The quantitative estimate of drug-likeness (QED) is 0.893. The predicted octanol–water partition coefficient (Wildman–Crippen LogP) is 3.07. The summed E-state index contributed by atoms with van der Waals surface area (Å²) in [5.74, 6) is 0.633. The maximum atomic E-state index is 11.8. The highest BCUT2D eigenvalue weighted by atomic mass is 79.9. The van der Waals surface area contributed by atoms with Crippen molar-refractivity contribution in [3.63, 3.8) is 0 Å². The molecular weight excluding hydrogens is 330 g/mol. The molecule has 1 fully saturated rings. The van der Waals surface area contributed by atoms with Crippen LogP contribution in [0.15, 0.2) is 27.5 Å². The average Bonchev–Trinajstić information content (AvgIpc) is 3.25. The molecule has 21 heavy (non-hydrogen) atoms. The zero-order valence-corrected chi connectivity index (χ0v) is 13.8. The minimum atomic E-state index is -0.106. The first-order chi connectivity index (χ1) is 10.0. The van der Waals surface area contributed by atoms with Crippen LogP contribution in [0.25, 0.3) is 11.4 Å². The maximum absolute atomic E-state index is 11.8. The Morgan fingerprint density at radius 3 is 2.57 bits per heavy atom. The Bertz CT molecular complexity index is 712. The van der Waals surface area contributed by atoms with Gasteiger partial charge in [0.2, 0.25) is 0 Å². The van der Waals surface area contributed by atoms with Gasteiger partial charge in [0.25, 0.3) is 5.56 Å². The van der Waals surface area contributed by atoms with Gasteiger partial charge in [-0.2, -0.15) is 0 Å². The molecule has 0 saturated heterocycles. The van der Waals surface area contributed by atoms with Crippen molar-refractivity contribution in [1.29, 1.82) is 0 Å². The fraction of sp³-hybridized carbons (Fsp3) is 0.375. The minimum absolute atomic E-state index is 0.106. The number of aromatic amines is 1. The van der Waals surface area contributed by atoms with Gasteiger partial charge in [0.1, 0.15) is 5.82 Å². The first kappa shape index (κ1) is 14.5. The third-order valence-electron chi connectivity index (χ3n) is 3.65. The van der Waals surface area contributed by atoms with E-state index in [2.05, 4.69) is 31.2 Å². The first-order valence-electron chi connectivity index (χ1n) is 7.13. The number of aryl methyl sites for hydroxylation is 2. The maximum Gasteiger partial charge on any atom is 0.251 e. The van der Waals surface area contributed by atoms with E-state index >= 15 is 0 Å². The second kappa shape index (κ2) is 5.73. The SMILES string of the molecule is Cc1cc(-c2nc(CNC3CC3)cc(=O)[nH]2)cc(C)c1Br. The molecule has 0 unspecified atom stereocenters. The number of hydrogen-bond donors (Lipinski definition) is 2. The Hall–Kier alpha value is -1.46. The molecule has 0 atom stereocenters. The van der Waals surface area contributed by atoms with Crippen LogP contribution in [0.4, 0.5) is 0 Å². The lowest BCUT2D eigenvalue weighted by molar-refractivity contribution is 0.672. The van der Waals surface area contributed by atoms with Gasteiger partial charge in [0.05, 0.1) is 5.69 Å². The van der Waals surface area contributed by atoms with Crippen LogP contribution in [0, 0.1) is 13.8 Å². The molecule has 1 aromatic heterocycles. The number of benzene rings is 1. The van der Waals surface area contributed by atoms with Gasteiger partial charge in [-0.05, 0) is 49.9 Å². The van der Waals surface area contributed by atoms with Gasteiger partial charge in [-0.3, -0.25) is 4.79 Å². The number of rotatable bonds is 4. The Labute approximate surface area is 132 Å². The van der Waals surface area contributed by atoms with Gasteiger partial charge >= 0.3 is 0 Å². The van der Waals surface area contributed by atoms with E-state index in [0.29, 0.717) is 18.4 Å². The Kier molecular flexibility index (Phi) is 3.95. The second-order valence-corrected chi connectivity index (χ2v) is 6.46. The molecule has 3 rings (SSSR count). The zero-order chi connectivity index (χ0) is 15.0. The van der Waals surface area contributed by atoms with E-state index in [1.165, 1.54) is 12.8 Å². The summed E-state index contributed by atoms with van der Waals surface area (Å²) < 4.78 is 1.10. The lowest BCUT2D eigenvalue weighted by atomic mass is 10.1. The van der Waals surface area contributed by atoms with Gasteiger partial charge in [0.15, 0.2) is 0 Å². The molecule has 0 radical (unpaired) electrons. The summed E-state index contributed by atoms with van der Waals surface area (Å²) in [6.45, 7) is 4.73. The van der Waals surface area contributed by atoms with Crippen LogP contribution < -0.4 is 10.9 Å². The molecule has 1 aliphatic carbocycles. The van der Waals surface area contributed by atoms with Crippen molar-refractivity contribution in [2.75, 3.05) is 0 Å². The Morgan fingerprint density at radius 1 is 1.29 bits per heavy atom. The lowest BCUT2D eigenvalue weighted by Gasteiger charge is -2.09. The Morgan fingerprint density at radius 2 is 1.95 bits per heavy atom. The average molecular weight is 348 g/mol. The number of hydrogen-bond acceptors (Lipinski definition) is 3. The standard InChI is InChI=1S/C16H18BrN3O/c1-9-5-11(6-10(2)15(9)17)16-19-13(7-14(21)20-16)8-18-12-3-4-12/h5-7,12,18H,3-4,8H2,1-2H3,(H,19,20,21). The molecule has 0 spiro atoms. The molecule has 2 aromatic rings. The molecule has 1 heterocycles. The van der Waals surface area contributed by atoms with Crippen LogP contribution in [0.5, 0.6) is 0 Å². The third-order valence-corrected chi connectivity index (χ3v) is 4.90. The van der Waals surface area contributed by atoms with Crippen LogP contribution in [0.2, 0.25) is 0 Å². The van der Waals surface area contributed by atoms with Gasteiger partial charge in [-0.15, -0.1) is 0 Å². The number of H-pyrrole nitrogens is 1. The van der Waals surface area contributed by atoms with Crippen molar-refractivity contribution in [2.45, 2.75) is 39.3 Å². The van der Waals surface area contributed by atoms with Crippen molar-refractivity contribution < 1.29 is 0 Å². The van der Waals surface area contributed by atoms with Crippen LogP contribution >= 0.6 is 15.9 Å². The molecule has 1 saturated carbocycles. The van der Waals surface area contributed by atoms with Crippen molar-refractivity contribution in [3.05, 3.63) is 49.8 Å². The van der Waals surface area contributed by atoms with Gasteiger partial charge in [-0.25, -0.2) is 4.98 Å². The third kappa shape index (κ3) is 3.41. The van der Waals surface area contributed by atoms with Crippen LogP contribution in [0.1, 0.15) is 29.7 Å². The smallest absolute Gasteiger partial charge is 0.251 e. The molecular formula is C16H18BrN3O. The fourth-order valence-corrected chi connectivity index (χ4v) is 2.58. The first-order valence-corrected chi connectivity index (χ1v) is 7.93. The van der Waals surface area contributed by atoms with E-state index in [1.807, 2.05) is 26.0 Å². The highest BCUT2D eigenvalue weighted by molar-refractivity contribution is 9.10. The van der Waals surface area contributed by atoms with E-state index in [-0.39, 0.29) is 5.56 Å². The highest BCUT2D eigenvalue weighted by Gasteiger charge is 2.20. The molecule has 1 aromatic carbocycles. The number of nitrogens with zero attached hydrogens (tertiary/aromatic N) is 1. The summed E-state index contributed by atoms with van der Waals surface area (Å²) in [5, 5.41) is 3.39. The second-order valence-electron chi connectivity index (χ2n) is 5.66. The summed E-state index contributed by atoms with van der Waals surface area (Å²) >= 11 is 3.56. The van der Waals surface area contributed by atoms with Crippen LogP contribution in [0.3, 0.4) is 0 Å². The topological polar surface area (TPSA) is 57.8 Å². The van der Waals surface area contributed by atoms with Gasteiger partial charge < -0.3 is 10.3 Å². The molecule has 0 bridgehead atoms. The monoisotopic (exact) mass is 347 g/mol. The lowest BCUT2D eigenvalue weighted by Crippen LogP contribution is -2.19. The summed E-state index contributed by atoms with van der Waals surface area (Å²) in [7, 11) is 0. The molecule has 0 aliphatic heterocycles. The summed E-state index contributed by atoms with van der Waals surface area (Å²) in [4.78, 5) is 19.3. The Balaban J connectivity index is 1.95. The van der Waals surface area contributed by atoms with E-state index < -0.39 is 0 Å². The van der Waals surface area contributed by atoms with Crippen molar-refractivity contribution in [2.24, 2.45) is 0 Å². The van der Waals surface area contributed by atoms with E-state index in [1.54, 1.807) is 6.07 Å². The number of nitrogens with one attached hydrogen (secondary N) is 2. The molecule has 0 amide bonds. The molecule has 5 heteroatoms. The molecule has 1 aliphatic rings. The van der Waals surface area contributed by atoms with Crippen LogP contribution in [-0.4, -0.2) is 16.0 Å². The highest BCUT2D eigenvalue weighted by Crippen LogP contribution is 2.26. The largest absolute Gasteiger partial charge is 0.308 e. The number of halogens is 1.